The minimum Gasteiger partial charge on any atom is -0.372 e. The van der Waals surface area contributed by atoms with Gasteiger partial charge in [0, 0.05) is 12.8 Å². The van der Waals surface area contributed by atoms with Crippen LogP contribution in [0.2, 0.25) is 0 Å². The van der Waals surface area contributed by atoms with Crippen LogP contribution < -0.4 is 0 Å². The molecule has 2 unspecified atom stereocenters. The fraction of sp³-hybridized carbons (Fsp3) is 0.389. The van der Waals surface area contributed by atoms with Crippen molar-refractivity contribution in [3.63, 3.8) is 0 Å². The molecule has 11 heteroatoms. The average molecular weight is 439 g/mol. The van der Waals surface area contributed by atoms with Crippen LogP contribution >= 0.6 is 0 Å². The van der Waals surface area contributed by atoms with Crippen LogP contribution in [0, 0.1) is 0 Å². The molecule has 1 aromatic heterocycles. The average Bonchev–Trinajstić information content (AvgIpc) is 2.67. The van der Waals surface area contributed by atoms with Crippen LogP contribution in [0.3, 0.4) is 0 Å². The molecule has 0 N–H and O–H groups in total. The smallest absolute Gasteiger partial charge is 0.372 e. The molecule has 0 aliphatic carbocycles. The van der Waals surface area contributed by atoms with E-state index in [1.54, 1.807) is 0 Å². The number of halogens is 6. The Morgan fingerprint density at radius 1 is 0.966 bits per heavy atom. The molecule has 4 nitrogen and oxygen atoms in total. The summed E-state index contributed by atoms with van der Waals surface area (Å²) < 4.78 is 108. The SMILES string of the molecule is O=S(=O)(c1cccc(C(F)(F)F)c1)C1CCOC(c2ccc(C(F)(F)F)cn2)C1. The van der Waals surface area contributed by atoms with Crippen LogP contribution in [-0.4, -0.2) is 25.3 Å². The summed E-state index contributed by atoms with van der Waals surface area (Å²) in [5.41, 5.74) is -1.90. The predicted molar refractivity (Wildman–Crippen MR) is 89.6 cm³/mol. The molecule has 0 saturated carbocycles. The summed E-state index contributed by atoms with van der Waals surface area (Å²) in [6, 6.07) is 5.38. The van der Waals surface area contributed by atoms with E-state index in [1.807, 2.05) is 0 Å². The highest BCUT2D eigenvalue weighted by Crippen LogP contribution is 2.36. The highest BCUT2D eigenvalue weighted by atomic mass is 32.2. The Kier molecular flexibility index (Phi) is 5.65. The van der Waals surface area contributed by atoms with Crippen molar-refractivity contribution in [3.05, 3.63) is 59.4 Å². The van der Waals surface area contributed by atoms with E-state index < -0.39 is 49.6 Å². The molecule has 1 aromatic carbocycles. The Bertz CT molecular complexity index is 970. The molecule has 2 atom stereocenters. The molecule has 0 bridgehead atoms. The number of aromatic nitrogens is 1. The topological polar surface area (TPSA) is 56.3 Å². The number of alkyl halides is 6. The molecule has 0 amide bonds. The Morgan fingerprint density at radius 2 is 1.66 bits per heavy atom. The molecule has 1 fully saturated rings. The van der Waals surface area contributed by atoms with Crippen LogP contribution in [0.5, 0.6) is 0 Å². The zero-order valence-electron chi connectivity index (χ0n) is 14.7. The lowest BCUT2D eigenvalue weighted by Crippen LogP contribution is -2.31. The Hall–Kier alpha value is -2.14. The van der Waals surface area contributed by atoms with Gasteiger partial charge in [-0.3, -0.25) is 4.98 Å². The normalized spacial score (nSPS) is 21.2. The van der Waals surface area contributed by atoms with Gasteiger partial charge in [0.25, 0.3) is 0 Å². The molecule has 0 radical (unpaired) electrons. The van der Waals surface area contributed by atoms with Crippen molar-refractivity contribution < 1.29 is 39.5 Å². The third-order valence-electron chi connectivity index (χ3n) is 4.61. The molecular formula is C18H15F6NO3S. The van der Waals surface area contributed by atoms with E-state index in [0.29, 0.717) is 12.3 Å². The minimum atomic E-state index is -4.69. The first-order valence-corrected chi connectivity index (χ1v) is 9.99. The van der Waals surface area contributed by atoms with Gasteiger partial charge in [0.1, 0.15) is 6.10 Å². The van der Waals surface area contributed by atoms with E-state index in [0.717, 1.165) is 30.3 Å². The predicted octanol–water partition coefficient (Wildman–Crippen LogP) is 4.81. The van der Waals surface area contributed by atoms with E-state index >= 15 is 0 Å². The summed E-state index contributed by atoms with van der Waals surface area (Å²) >= 11 is 0. The molecule has 0 spiro atoms. The molecule has 1 saturated heterocycles. The molecule has 1 aliphatic rings. The molecule has 2 aromatic rings. The quantitative estimate of drug-likeness (QED) is 0.644. The van der Waals surface area contributed by atoms with Crippen molar-refractivity contribution in [3.8, 4) is 0 Å². The van der Waals surface area contributed by atoms with E-state index in [2.05, 4.69) is 4.98 Å². The second kappa shape index (κ2) is 7.60. The second-order valence-corrected chi connectivity index (χ2v) is 8.77. The zero-order valence-corrected chi connectivity index (χ0v) is 15.5. The molecule has 1 aliphatic heterocycles. The van der Waals surface area contributed by atoms with Crippen molar-refractivity contribution in [2.24, 2.45) is 0 Å². The maximum Gasteiger partial charge on any atom is 0.417 e. The molecule has 29 heavy (non-hydrogen) atoms. The monoisotopic (exact) mass is 439 g/mol. The zero-order chi connectivity index (χ0) is 21.4. The Morgan fingerprint density at radius 3 is 2.24 bits per heavy atom. The summed E-state index contributed by atoms with van der Waals surface area (Å²) in [5, 5.41) is -1.05. The number of nitrogens with zero attached hydrogens (tertiary/aromatic N) is 1. The largest absolute Gasteiger partial charge is 0.417 e. The lowest BCUT2D eigenvalue weighted by Gasteiger charge is -2.29. The first-order valence-electron chi connectivity index (χ1n) is 8.45. The van der Waals surface area contributed by atoms with Crippen LogP contribution in [0.25, 0.3) is 0 Å². The van der Waals surface area contributed by atoms with Gasteiger partial charge in [-0.15, -0.1) is 0 Å². The second-order valence-electron chi connectivity index (χ2n) is 6.55. The number of pyridine rings is 1. The van der Waals surface area contributed by atoms with Gasteiger partial charge in [0.05, 0.1) is 27.0 Å². The van der Waals surface area contributed by atoms with Gasteiger partial charge < -0.3 is 4.74 Å². The van der Waals surface area contributed by atoms with Gasteiger partial charge in [-0.05, 0) is 43.2 Å². The third-order valence-corrected chi connectivity index (χ3v) is 6.82. The van der Waals surface area contributed by atoms with Gasteiger partial charge in [-0.2, -0.15) is 26.3 Å². The Labute approximate surface area is 162 Å². The van der Waals surface area contributed by atoms with Crippen molar-refractivity contribution >= 4 is 9.84 Å². The van der Waals surface area contributed by atoms with Gasteiger partial charge in [0.2, 0.25) is 0 Å². The Balaban J connectivity index is 1.83. The lowest BCUT2D eigenvalue weighted by atomic mass is 10.0. The van der Waals surface area contributed by atoms with Crippen molar-refractivity contribution in [1.82, 2.24) is 4.98 Å². The van der Waals surface area contributed by atoms with Gasteiger partial charge in [-0.25, -0.2) is 8.42 Å². The number of benzene rings is 1. The lowest BCUT2D eigenvalue weighted by molar-refractivity contribution is -0.138. The molecule has 2 heterocycles. The number of rotatable bonds is 3. The van der Waals surface area contributed by atoms with E-state index in [9.17, 15) is 34.8 Å². The summed E-state index contributed by atoms with van der Waals surface area (Å²) in [7, 11) is -4.10. The highest BCUT2D eigenvalue weighted by molar-refractivity contribution is 7.92. The fourth-order valence-corrected chi connectivity index (χ4v) is 4.84. The van der Waals surface area contributed by atoms with Crippen molar-refractivity contribution in [1.29, 1.82) is 0 Å². The molecule has 158 valence electrons. The standard InChI is InChI=1S/C18H15F6NO3S/c19-17(20,21)11-2-1-3-13(8-11)29(26,27)14-6-7-28-16(9-14)15-5-4-12(10-25-15)18(22,23)24/h1-5,8,10,14,16H,6-7,9H2. The van der Waals surface area contributed by atoms with Crippen LogP contribution in [-0.2, 0) is 26.9 Å². The molecular weight excluding hydrogens is 424 g/mol. The maximum atomic E-state index is 12.9. The third kappa shape index (κ3) is 4.72. The van der Waals surface area contributed by atoms with Crippen LogP contribution in [0.1, 0.15) is 35.8 Å². The number of hydrogen-bond donors (Lipinski definition) is 0. The van der Waals surface area contributed by atoms with Gasteiger partial charge in [0.15, 0.2) is 9.84 Å². The van der Waals surface area contributed by atoms with E-state index in [1.165, 1.54) is 0 Å². The summed E-state index contributed by atoms with van der Waals surface area (Å²) in [5.74, 6) is 0. The van der Waals surface area contributed by atoms with Crippen LogP contribution in [0.15, 0.2) is 47.5 Å². The summed E-state index contributed by atoms with van der Waals surface area (Å²) in [6.45, 7) is -0.0176. The first-order chi connectivity index (χ1) is 13.4. The fourth-order valence-electron chi connectivity index (χ4n) is 3.06. The first kappa shape index (κ1) is 21.6. The maximum absolute atomic E-state index is 12.9. The van der Waals surface area contributed by atoms with E-state index in [4.69, 9.17) is 4.74 Å². The summed E-state index contributed by atoms with van der Waals surface area (Å²) in [6.07, 6.45) is -9.57. The number of sulfone groups is 1. The van der Waals surface area contributed by atoms with Crippen molar-refractivity contribution in [2.75, 3.05) is 6.61 Å². The van der Waals surface area contributed by atoms with Crippen molar-refractivity contribution in [2.45, 2.75) is 41.4 Å². The van der Waals surface area contributed by atoms with Gasteiger partial charge in [-0.1, -0.05) is 6.07 Å². The highest BCUT2D eigenvalue weighted by Gasteiger charge is 2.37. The number of hydrogen-bond acceptors (Lipinski definition) is 4. The minimum absolute atomic E-state index is 0.0176. The van der Waals surface area contributed by atoms with E-state index in [-0.39, 0.29) is 25.1 Å². The summed E-state index contributed by atoms with van der Waals surface area (Å²) in [4.78, 5) is 3.26. The molecule has 3 rings (SSSR count). The number of ether oxygens (including phenoxy) is 1. The van der Waals surface area contributed by atoms with Gasteiger partial charge >= 0.3 is 12.4 Å². The van der Waals surface area contributed by atoms with Crippen LogP contribution in [0.4, 0.5) is 26.3 Å².